The van der Waals surface area contributed by atoms with Crippen LogP contribution in [0.15, 0.2) is 0 Å². The predicted molar refractivity (Wildman–Crippen MR) is 43.8 cm³/mol. The Morgan fingerprint density at radius 1 is 1.42 bits per heavy atom. The number of rotatable bonds is 4. The molecule has 0 aromatic rings. The molecule has 0 radical (unpaired) electrons. The van der Waals surface area contributed by atoms with Gasteiger partial charge >= 0.3 is 6.16 Å². The van der Waals surface area contributed by atoms with Crippen LogP contribution in [0.2, 0.25) is 0 Å². The largest absolute Gasteiger partial charge is 0.508 e. The maximum atomic E-state index is 10.8. The highest BCUT2D eigenvalue weighted by molar-refractivity contribution is 5.60. The molecule has 0 heterocycles. The van der Waals surface area contributed by atoms with Crippen LogP contribution in [0.5, 0.6) is 0 Å². The number of ether oxygens (including phenoxy) is 2. The molecule has 0 rings (SSSR count). The number of carbonyl (C=O) groups is 1. The van der Waals surface area contributed by atoms with Crippen molar-refractivity contribution in [1.29, 1.82) is 0 Å². The summed E-state index contributed by atoms with van der Waals surface area (Å²) < 4.78 is 9.34. The maximum absolute atomic E-state index is 10.8. The number of aliphatic hydroxyl groups is 1. The number of hydrogen-bond acceptors (Lipinski definition) is 4. The van der Waals surface area contributed by atoms with E-state index in [1.807, 2.05) is 13.8 Å². The van der Waals surface area contributed by atoms with E-state index in [-0.39, 0.29) is 25.2 Å². The van der Waals surface area contributed by atoms with E-state index in [1.165, 1.54) is 0 Å². The molecule has 0 amide bonds. The predicted octanol–water partition coefficient (Wildman–Crippen LogP) is 1.18. The van der Waals surface area contributed by atoms with Crippen molar-refractivity contribution in [3.05, 3.63) is 0 Å². The summed E-state index contributed by atoms with van der Waals surface area (Å²) in [4.78, 5) is 10.8. The number of aliphatic hydroxyl groups excluding tert-OH is 1. The van der Waals surface area contributed by atoms with Crippen molar-refractivity contribution in [2.45, 2.75) is 26.9 Å². The van der Waals surface area contributed by atoms with Gasteiger partial charge in [0.05, 0.1) is 6.61 Å². The molecule has 0 aliphatic rings. The summed E-state index contributed by atoms with van der Waals surface area (Å²) in [6, 6.07) is 0. The van der Waals surface area contributed by atoms with Gasteiger partial charge in [-0.05, 0) is 12.8 Å². The Bertz CT molecular complexity index is 133. The van der Waals surface area contributed by atoms with Gasteiger partial charge in [0.1, 0.15) is 12.7 Å². The topological polar surface area (TPSA) is 55.8 Å². The molecule has 72 valence electrons. The number of hydrogen-bond donors (Lipinski definition) is 1. The van der Waals surface area contributed by atoms with E-state index >= 15 is 0 Å². The molecule has 0 saturated carbocycles. The molecule has 4 heteroatoms. The second-order valence-corrected chi connectivity index (χ2v) is 2.89. The summed E-state index contributed by atoms with van der Waals surface area (Å²) in [5.74, 6) is 0.270. The summed E-state index contributed by atoms with van der Waals surface area (Å²) in [6.45, 7) is 5.51. The molecule has 0 spiro atoms. The van der Waals surface area contributed by atoms with Gasteiger partial charge in [-0.15, -0.1) is 0 Å². The Hall–Kier alpha value is -0.770. The molecule has 12 heavy (non-hydrogen) atoms. The molecule has 0 unspecified atom stereocenters. The van der Waals surface area contributed by atoms with Crippen LogP contribution >= 0.6 is 0 Å². The van der Waals surface area contributed by atoms with Crippen molar-refractivity contribution >= 4 is 6.16 Å². The zero-order chi connectivity index (χ0) is 9.56. The highest BCUT2D eigenvalue weighted by Crippen LogP contribution is 2.05. The molecule has 0 fully saturated rings. The van der Waals surface area contributed by atoms with Crippen LogP contribution in [-0.4, -0.2) is 30.6 Å². The fourth-order valence-corrected chi connectivity index (χ4v) is 0.451. The molecular weight excluding hydrogens is 160 g/mol. The van der Waals surface area contributed by atoms with Gasteiger partial charge in [0.2, 0.25) is 0 Å². The zero-order valence-corrected chi connectivity index (χ0v) is 7.74. The first-order chi connectivity index (χ1) is 5.57. The summed E-state index contributed by atoms with van der Waals surface area (Å²) in [7, 11) is 0. The molecule has 0 saturated heterocycles. The van der Waals surface area contributed by atoms with Gasteiger partial charge in [-0.25, -0.2) is 4.79 Å². The van der Waals surface area contributed by atoms with Crippen LogP contribution in [0.25, 0.3) is 0 Å². The first-order valence-electron chi connectivity index (χ1n) is 4.02. The van der Waals surface area contributed by atoms with Gasteiger partial charge in [0.15, 0.2) is 0 Å². The summed E-state index contributed by atoms with van der Waals surface area (Å²) in [5, 5.41) is 8.33. The van der Waals surface area contributed by atoms with Crippen molar-refractivity contribution in [2.75, 3.05) is 13.2 Å². The van der Waals surface area contributed by atoms with E-state index in [1.54, 1.807) is 6.92 Å². The summed E-state index contributed by atoms with van der Waals surface area (Å²) in [5.41, 5.74) is 0. The van der Waals surface area contributed by atoms with E-state index in [2.05, 4.69) is 4.74 Å². The Morgan fingerprint density at radius 3 is 2.42 bits per heavy atom. The third kappa shape index (κ3) is 4.96. The lowest BCUT2D eigenvalue weighted by Gasteiger charge is -2.15. The Labute approximate surface area is 72.5 Å². The van der Waals surface area contributed by atoms with Gasteiger partial charge in [-0.3, -0.25) is 0 Å². The Balaban J connectivity index is 3.54. The quantitative estimate of drug-likeness (QED) is 0.653. The van der Waals surface area contributed by atoms with E-state index in [9.17, 15) is 4.79 Å². The van der Waals surface area contributed by atoms with Crippen molar-refractivity contribution in [3.63, 3.8) is 0 Å². The third-order valence-electron chi connectivity index (χ3n) is 1.53. The highest BCUT2D eigenvalue weighted by Gasteiger charge is 2.13. The van der Waals surface area contributed by atoms with E-state index in [0.717, 1.165) is 0 Å². The van der Waals surface area contributed by atoms with Gasteiger partial charge in [0, 0.05) is 0 Å². The molecule has 0 bridgehead atoms. The summed E-state index contributed by atoms with van der Waals surface area (Å²) in [6.07, 6.45) is -0.874. The average Bonchev–Trinajstić information content (AvgIpc) is 2.00. The minimum atomic E-state index is -0.717. The Kier molecular flexibility index (Phi) is 5.45. The second kappa shape index (κ2) is 5.83. The zero-order valence-electron chi connectivity index (χ0n) is 7.74. The van der Waals surface area contributed by atoms with Crippen LogP contribution in [0.1, 0.15) is 20.8 Å². The van der Waals surface area contributed by atoms with Gasteiger partial charge in [0.25, 0.3) is 0 Å². The fraction of sp³-hybridized carbons (Fsp3) is 0.875. The van der Waals surface area contributed by atoms with Crippen LogP contribution < -0.4 is 0 Å². The molecule has 0 aliphatic carbocycles. The minimum absolute atomic E-state index is 0.0103. The van der Waals surface area contributed by atoms with Crippen molar-refractivity contribution in [3.8, 4) is 0 Å². The maximum Gasteiger partial charge on any atom is 0.508 e. The van der Waals surface area contributed by atoms with Crippen molar-refractivity contribution < 1.29 is 19.4 Å². The SMILES string of the molecule is CC(C)[C@@H](C)OC(=O)OCCO. The molecule has 0 aromatic heterocycles. The molecule has 0 aliphatic heterocycles. The smallest absolute Gasteiger partial charge is 0.432 e. The Morgan fingerprint density at radius 2 is 2.00 bits per heavy atom. The molecule has 1 N–H and O–H groups in total. The van der Waals surface area contributed by atoms with E-state index in [4.69, 9.17) is 9.84 Å². The highest BCUT2D eigenvalue weighted by atomic mass is 16.7. The van der Waals surface area contributed by atoms with Crippen LogP contribution in [-0.2, 0) is 9.47 Å². The minimum Gasteiger partial charge on any atom is -0.432 e. The molecule has 1 atom stereocenters. The molecular formula is C8H16O4. The van der Waals surface area contributed by atoms with Gasteiger partial charge in [-0.2, -0.15) is 0 Å². The number of carbonyl (C=O) groups excluding carboxylic acids is 1. The van der Waals surface area contributed by atoms with Crippen molar-refractivity contribution in [2.24, 2.45) is 5.92 Å². The van der Waals surface area contributed by atoms with Crippen molar-refractivity contribution in [1.82, 2.24) is 0 Å². The lowest BCUT2D eigenvalue weighted by atomic mass is 10.1. The lowest BCUT2D eigenvalue weighted by molar-refractivity contribution is 0.00767. The molecule has 4 nitrogen and oxygen atoms in total. The first-order valence-corrected chi connectivity index (χ1v) is 4.02. The van der Waals surface area contributed by atoms with Crippen LogP contribution in [0, 0.1) is 5.92 Å². The van der Waals surface area contributed by atoms with Crippen LogP contribution in [0.4, 0.5) is 4.79 Å². The standard InChI is InChI=1S/C8H16O4/c1-6(2)7(3)12-8(10)11-5-4-9/h6-7,9H,4-5H2,1-3H3/t7-/m1/s1. The third-order valence-corrected chi connectivity index (χ3v) is 1.53. The van der Waals surface area contributed by atoms with Gasteiger partial charge in [-0.1, -0.05) is 13.8 Å². The summed E-state index contributed by atoms with van der Waals surface area (Å²) >= 11 is 0. The van der Waals surface area contributed by atoms with Crippen LogP contribution in [0.3, 0.4) is 0 Å². The fourth-order valence-electron chi connectivity index (χ4n) is 0.451. The van der Waals surface area contributed by atoms with E-state index < -0.39 is 6.16 Å². The monoisotopic (exact) mass is 176 g/mol. The first kappa shape index (κ1) is 11.2. The lowest BCUT2D eigenvalue weighted by Crippen LogP contribution is -2.21. The molecule has 0 aromatic carbocycles. The average molecular weight is 176 g/mol. The normalized spacial score (nSPS) is 12.8. The second-order valence-electron chi connectivity index (χ2n) is 2.89. The van der Waals surface area contributed by atoms with E-state index in [0.29, 0.717) is 0 Å². The van der Waals surface area contributed by atoms with Gasteiger partial charge < -0.3 is 14.6 Å².